The van der Waals surface area contributed by atoms with Crippen LogP contribution in [0.1, 0.15) is 35.2 Å². The summed E-state index contributed by atoms with van der Waals surface area (Å²) in [5, 5.41) is 1.08. The van der Waals surface area contributed by atoms with Crippen LogP contribution in [0.15, 0.2) is 24.4 Å². The van der Waals surface area contributed by atoms with E-state index < -0.39 is 0 Å². The topological polar surface area (TPSA) is 32.9 Å². The van der Waals surface area contributed by atoms with Crippen molar-refractivity contribution >= 4 is 16.7 Å². The summed E-state index contributed by atoms with van der Waals surface area (Å²) in [5.74, 6) is 0.600. The summed E-state index contributed by atoms with van der Waals surface area (Å²) < 4.78 is 0. The summed E-state index contributed by atoms with van der Waals surface area (Å²) >= 11 is 0. The first-order valence-electron chi connectivity index (χ1n) is 5.88. The molecule has 0 atom stereocenters. The third-order valence-corrected chi connectivity index (χ3v) is 3.67. The standard InChI is InChI=1S/C14H15NO/c1-9-4-2-7-11-12(8-15-13(9)11)14(16)10-5-3-6-10/h2,4,7-8,10,15H,3,5-6H2,1H3. The Balaban J connectivity index is 2.10. The monoisotopic (exact) mass is 213 g/mol. The first-order valence-corrected chi connectivity index (χ1v) is 5.88. The third kappa shape index (κ3) is 1.29. The van der Waals surface area contributed by atoms with Gasteiger partial charge in [-0.25, -0.2) is 0 Å². The predicted molar refractivity (Wildman–Crippen MR) is 64.7 cm³/mol. The Morgan fingerprint density at radius 3 is 2.88 bits per heavy atom. The number of hydrogen-bond acceptors (Lipinski definition) is 1. The molecular formula is C14H15NO. The van der Waals surface area contributed by atoms with E-state index in [2.05, 4.69) is 18.0 Å². The number of carbonyl (C=O) groups excluding carboxylic acids is 1. The fourth-order valence-corrected chi connectivity index (χ4v) is 2.40. The molecule has 1 heterocycles. The van der Waals surface area contributed by atoms with Crippen molar-refractivity contribution in [1.29, 1.82) is 0 Å². The third-order valence-electron chi connectivity index (χ3n) is 3.67. The summed E-state index contributed by atoms with van der Waals surface area (Å²) in [4.78, 5) is 15.4. The molecule has 0 saturated heterocycles. The van der Waals surface area contributed by atoms with E-state index in [1.807, 2.05) is 18.3 Å². The Kier molecular flexibility index (Phi) is 2.10. The van der Waals surface area contributed by atoms with Gasteiger partial charge in [0.1, 0.15) is 0 Å². The summed E-state index contributed by atoms with van der Waals surface area (Å²) in [6, 6.07) is 6.12. The second-order valence-electron chi connectivity index (χ2n) is 4.69. The van der Waals surface area contributed by atoms with Gasteiger partial charge in [-0.05, 0) is 25.3 Å². The molecule has 1 aromatic carbocycles. The number of aromatic nitrogens is 1. The van der Waals surface area contributed by atoms with Crippen molar-refractivity contribution in [2.45, 2.75) is 26.2 Å². The van der Waals surface area contributed by atoms with Crippen molar-refractivity contribution in [3.63, 3.8) is 0 Å². The number of ketones is 1. The van der Waals surface area contributed by atoms with Gasteiger partial charge in [0, 0.05) is 28.6 Å². The molecule has 0 aliphatic heterocycles. The van der Waals surface area contributed by atoms with Crippen molar-refractivity contribution in [1.82, 2.24) is 4.98 Å². The highest BCUT2D eigenvalue weighted by Gasteiger charge is 2.27. The Bertz CT molecular complexity index is 549. The smallest absolute Gasteiger partial charge is 0.168 e. The molecule has 0 unspecified atom stereocenters. The lowest BCUT2D eigenvalue weighted by Gasteiger charge is -2.23. The molecule has 1 N–H and O–H groups in total. The lowest BCUT2D eigenvalue weighted by molar-refractivity contribution is 0.0857. The Hall–Kier alpha value is -1.57. The van der Waals surface area contributed by atoms with Crippen LogP contribution < -0.4 is 0 Å². The van der Waals surface area contributed by atoms with E-state index in [1.54, 1.807) is 0 Å². The summed E-state index contributed by atoms with van der Waals surface area (Å²) in [6.45, 7) is 2.07. The number of rotatable bonds is 2. The predicted octanol–water partition coefficient (Wildman–Crippen LogP) is 3.46. The second kappa shape index (κ2) is 3.48. The zero-order valence-electron chi connectivity index (χ0n) is 9.42. The number of benzene rings is 1. The van der Waals surface area contributed by atoms with Crippen LogP contribution >= 0.6 is 0 Å². The number of Topliss-reactive ketones (excluding diaryl/α,β-unsaturated/α-hetero) is 1. The van der Waals surface area contributed by atoms with E-state index in [1.165, 1.54) is 12.0 Å². The maximum absolute atomic E-state index is 12.2. The molecule has 2 heteroatoms. The van der Waals surface area contributed by atoms with Crippen molar-refractivity contribution in [2.75, 3.05) is 0 Å². The van der Waals surface area contributed by atoms with Crippen LogP contribution in [-0.4, -0.2) is 10.8 Å². The molecule has 3 rings (SSSR count). The lowest BCUT2D eigenvalue weighted by Crippen LogP contribution is -2.21. The van der Waals surface area contributed by atoms with E-state index >= 15 is 0 Å². The van der Waals surface area contributed by atoms with E-state index in [0.717, 1.165) is 29.3 Å². The number of fused-ring (bicyclic) bond motifs is 1. The van der Waals surface area contributed by atoms with Gasteiger partial charge in [-0.15, -0.1) is 0 Å². The minimum Gasteiger partial charge on any atom is -0.360 e. The molecule has 2 nitrogen and oxygen atoms in total. The molecule has 0 bridgehead atoms. The number of nitrogens with one attached hydrogen (secondary N) is 1. The maximum atomic E-state index is 12.2. The van der Waals surface area contributed by atoms with Crippen LogP contribution in [0, 0.1) is 12.8 Å². The van der Waals surface area contributed by atoms with Gasteiger partial charge in [-0.2, -0.15) is 0 Å². The van der Waals surface area contributed by atoms with Gasteiger partial charge in [0.2, 0.25) is 0 Å². The minimum atomic E-state index is 0.277. The Morgan fingerprint density at radius 1 is 1.38 bits per heavy atom. The van der Waals surface area contributed by atoms with E-state index in [0.29, 0.717) is 5.78 Å². The molecule has 1 aliphatic carbocycles. The van der Waals surface area contributed by atoms with Gasteiger partial charge in [0.25, 0.3) is 0 Å². The molecule has 1 fully saturated rings. The molecule has 1 aliphatic rings. The largest absolute Gasteiger partial charge is 0.360 e. The molecule has 0 radical (unpaired) electrons. The number of para-hydroxylation sites is 1. The first-order chi connectivity index (χ1) is 7.77. The van der Waals surface area contributed by atoms with Crippen molar-refractivity contribution in [3.8, 4) is 0 Å². The van der Waals surface area contributed by atoms with Gasteiger partial charge in [-0.1, -0.05) is 24.6 Å². The van der Waals surface area contributed by atoms with E-state index in [4.69, 9.17) is 0 Å². The summed E-state index contributed by atoms with van der Waals surface area (Å²) in [7, 11) is 0. The average Bonchev–Trinajstić information content (AvgIpc) is 2.59. The van der Waals surface area contributed by atoms with Crippen molar-refractivity contribution in [3.05, 3.63) is 35.5 Å². The Morgan fingerprint density at radius 2 is 2.19 bits per heavy atom. The van der Waals surface area contributed by atoms with Gasteiger partial charge >= 0.3 is 0 Å². The molecule has 82 valence electrons. The summed E-state index contributed by atoms with van der Waals surface area (Å²) in [5.41, 5.74) is 3.18. The first kappa shape index (κ1) is 9.64. The summed E-state index contributed by atoms with van der Waals surface area (Å²) in [6.07, 6.45) is 5.21. The normalized spacial score (nSPS) is 16.3. The number of carbonyl (C=O) groups is 1. The SMILES string of the molecule is Cc1cccc2c(C(=O)C3CCC3)c[nH]c12. The maximum Gasteiger partial charge on any atom is 0.168 e. The molecular weight excluding hydrogens is 198 g/mol. The fraction of sp³-hybridized carbons (Fsp3) is 0.357. The van der Waals surface area contributed by atoms with Crippen LogP contribution in [0.25, 0.3) is 10.9 Å². The molecule has 16 heavy (non-hydrogen) atoms. The van der Waals surface area contributed by atoms with E-state index in [-0.39, 0.29) is 5.92 Å². The molecule has 0 spiro atoms. The average molecular weight is 213 g/mol. The van der Waals surface area contributed by atoms with Crippen LogP contribution in [0.5, 0.6) is 0 Å². The highest BCUT2D eigenvalue weighted by atomic mass is 16.1. The molecule has 2 aromatic rings. The number of aryl methyl sites for hydroxylation is 1. The van der Waals surface area contributed by atoms with E-state index in [9.17, 15) is 4.79 Å². The zero-order valence-corrected chi connectivity index (χ0v) is 9.42. The van der Waals surface area contributed by atoms with Gasteiger partial charge < -0.3 is 4.98 Å². The quantitative estimate of drug-likeness (QED) is 0.761. The van der Waals surface area contributed by atoms with Crippen LogP contribution in [-0.2, 0) is 0 Å². The van der Waals surface area contributed by atoms with Crippen molar-refractivity contribution in [2.24, 2.45) is 5.92 Å². The van der Waals surface area contributed by atoms with Crippen LogP contribution in [0.2, 0.25) is 0 Å². The molecule has 0 amide bonds. The van der Waals surface area contributed by atoms with Gasteiger partial charge in [0.05, 0.1) is 0 Å². The van der Waals surface area contributed by atoms with Crippen LogP contribution in [0.3, 0.4) is 0 Å². The Labute approximate surface area is 94.7 Å². The van der Waals surface area contributed by atoms with Crippen molar-refractivity contribution < 1.29 is 4.79 Å². The van der Waals surface area contributed by atoms with Gasteiger partial charge in [-0.3, -0.25) is 4.79 Å². The minimum absolute atomic E-state index is 0.277. The van der Waals surface area contributed by atoms with Gasteiger partial charge in [0.15, 0.2) is 5.78 Å². The fourth-order valence-electron chi connectivity index (χ4n) is 2.40. The second-order valence-corrected chi connectivity index (χ2v) is 4.69. The van der Waals surface area contributed by atoms with Crippen LogP contribution in [0.4, 0.5) is 0 Å². The highest BCUT2D eigenvalue weighted by Crippen LogP contribution is 2.32. The lowest BCUT2D eigenvalue weighted by atomic mass is 9.80. The zero-order chi connectivity index (χ0) is 11.1. The number of aromatic amines is 1. The number of hydrogen-bond donors (Lipinski definition) is 1. The number of H-pyrrole nitrogens is 1. The molecule has 1 aromatic heterocycles. The highest BCUT2D eigenvalue weighted by molar-refractivity contribution is 6.09. The molecule has 1 saturated carbocycles.